The van der Waals surface area contributed by atoms with Crippen LogP contribution in [0.4, 0.5) is 0 Å². The van der Waals surface area contributed by atoms with Crippen LogP contribution in [0.15, 0.2) is 0 Å². The maximum atomic E-state index is 12.6. The van der Waals surface area contributed by atoms with Gasteiger partial charge in [0.1, 0.15) is 13.2 Å². The SMILES string of the molecule is CCCCCCCCCCCCCCCCCCCCCC(=O)OCC(COC(=O)CCCCCCCCCCCCCCC)OC(=O)CCCCCCCCC. The summed E-state index contributed by atoms with van der Waals surface area (Å²) in [5, 5.41) is 0. The van der Waals surface area contributed by atoms with E-state index in [2.05, 4.69) is 20.8 Å². The fourth-order valence-electron chi connectivity index (χ4n) is 7.74. The van der Waals surface area contributed by atoms with E-state index in [0.29, 0.717) is 19.3 Å². The summed E-state index contributed by atoms with van der Waals surface area (Å²) in [7, 11) is 0. The number of ether oxygens (including phenoxy) is 3. The van der Waals surface area contributed by atoms with Crippen molar-refractivity contribution in [3.8, 4) is 0 Å². The maximum absolute atomic E-state index is 12.6. The minimum Gasteiger partial charge on any atom is -0.462 e. The maximum Gasteiger partial charge on any atom is 0.306 e. The molecule has 0 aliphatic carbocycles. The molecule has 0 aromatic heterocycles. The Morgan fingerprint density at radius 1 is 0.281 bits per heavy atom. The zero-order valence-corrected chi connectivity index (χ0v) is 38.6. The Morgan fingerprint density at radius 2 is 0.474 bits per heavy atom. The van der Waals surface area contributed by atoms with Crippen LogP contribution >= 0.6 is 0 Å². The standard InChI is InChI=1S/C51H98O6/c1-4-7-10-13-16-18-20-22-23-24-25-26-27-29-31-33-36-38-41-44-50(53)56-47-48(57-51(54)45-42-39-34-15-12-9-6-3)46-55-49(52)43-40-37-35-32-30-28-21-19-17-14-11-8-5-2/h48H,4-47H2,1-3H3. The summed E-state index contributed by atoms with van der Waals surface area (Å²) in [6.45, 7) is 6.64. The normalized spacial score (nSPS) is 11.8. The number of unbranched alkanes of at least 4 members (excludes halogenated alkanes) is 36. The molecule has 0 radical (unpaired) electrons. The predicted molar refractivity (Wildman–Crippen MR) is 243 cm³/mol. The molecule has 0 bridgehead atoms. The number of hydrogen-bond acceptors (Lipinski definition) is 6. The van der Waals surface area contributed by atoms with Crippen molar-refractivity contribution < 1.29 is 28.6 Å². The Hall–Kier alpha value is -1.59. The molecule has 0 saturated carbocycles. The molecule has 338 valence electrons. The first-order chi connectivity index (χ1) is 28.0. The highest BCUT2D eigenvalue weighted by Gasteiger charge is 2.19. The van der Waals surface area contributed by atoms with Gasteiger partial charge in [0.2, 0.25) is 0 Å². The second-order valence-electron chi connectivity index (χ2n) is 17.5. The summed E-state index contributed by atoms with van der Waals surface area (Å²) in [5.74, 6) is -0.851. The Morgan fingerprint density at radius 3 is 0.702 bits per heavy atom. The van der Waals surface area contributed by atoms with E-state index in [1.807, 2.05) is 0 Å². The number of esters is 3. The van der Waals surface area contributed by atoms with Crippen LogP contribution in [0.25, 0.3) is 0 Å². The Labute approximate surface area is 355 Å². The third-order valence-electron chi connectivity index (χ3n) is 11.6. The topological polar surface area (TPSA) is 78.9 Å². The van der Waals surface area contributed by atoms with E-state index in [1.165, 1.54) is 193 Å². The van der Waals surface area contributed by atoms with E-state index in [0.717, 1.165) is 57.8 Å². The van der Waals surface area contributed by atoms with Crippen LogP contribution in [0.2, 0.25) is 0 Å². The van der Waals surface area contributed by atoms with E-state index in [9.17, 15) is 14.4 Å². The van der Waals surface area contributed by atoms with Crippen molar-refractivity contribution in [2.45, 2.75) is 297 Å². The number of rotatable bonds is 47. The van der Waals surface area contributed by atoms with Gasteiger partial charge in [0.25, 0.3) is 0 Å². The fourth-order valence-corrected chi connectivity index (χ4v) is 7.74. The van der Waals surface area contributed by atoms with Crippen LogP contribution in [-0.4, -0.2) is 37.2 Å². The van der Waals surface area contributed by atoms with Gasteiger partial charge in [0, 0.05) is 19.3 Å². The van der Waals surface area contributed by atoms with Crippen LogP contribution in [-0.2, 0) is 28.6 Å². The van der Waals surface area contributed by atoms with E-state index in [4.69, 9.17) is 14.2 Å². The molecule has 0 saturated heterocycles. The fraction of sp³-hybridized carbons (Fsp3) is 0.941. The Bertz CT molecular complexity index is 844. The summed E-state index contributed by atoms with van der Waals surface area (Å²) < 4.78 is 16.7. The summed E-state index contributed by atoms with van der Waals surface area (Å²) >= 11 is 0. The number of hydrogen-bond donors (Lipinski definition) is 0. The van der Waals surface area contributed by atoms with Crippen LogP contribution in [0.5, 0.6) is 0 Å². The highest BCUT2D eigenvalue weighted by atomic mass is 16.6. The first-order valence-corrected chi connectivity index (χ1v) is 25.5. The van der Waals surface area contributed by atoms with Gasteiger partial charge in [-0.25, -0.2) is 0 Å². The zero-order chi connectivity index (χ0) is 41.5. The summed E-state index contributed by atoms with van der Waals surface area (Å²) in [6, 6.07) is 0. The van der Waals surface area contributed by atoms with E-state index < -0.39 is 6.10 Å². The van der Waals surface area contributed by atoms with E-state index in [1.54, 1.807) is 0 Å². The molecular formula is C51H98O6. The third kappa shape index (κ3) is 45.3. The molecule has 1 atom stereocenters. The van der Waals surface area contributed by atoms with Gasteiger partial charge < -0.3 is 14.2 Å². The van der Waals surface area contributed by atoms with Gasteiger partial charge >= 0.3 is 17.9 Å². The first kappa shape index (κ1) is 55.4. The molecule has 0 heterocycles. The zero-order valence-electron chi connectivity index (χ0n) is 38.6. The lowest BCUT2D eigenvalue weighted by Crippen LogP contribution is -2.30. The average molecular weight is 807 g/mol. The lowest BCUT2D eigenvalue weighted by Gasteiger charge is -2.18. The van der Waals surface area contributed by atoms with Crippen molar-refractivity contribution in [2.75, 3.05) is 13.2 Å². The van der Waals surface area contributed by atoms with Crippen molar-refractivity contribution in [3.05, 3.63) is 0 Å². The number of carbonyl (C=O) groups excluding carboxylic acids is 3. The summed E-state index contributed by atoms with van der Waals surface area (Å²) in [6.07, 6.45) is 49.6. The van der Waals surface area contributed by atoms with Gasteiger partial charge in [-0.15, -0.1) is 0 Å². The lowest BCUT2D eigenvalue weighted by molar-refractivity contribution is -0.167. The molecule has 0 aliphatic rings. The highest BCUT2D eigenvalue weighted by molar-refractivity contribution is 5.71. The molecule has 0 aromatic carbocycles. The lowest BCUT2D eigenvalue weighted by atomic mass is 10.0. The first-order valence-electron chi connectivity index (χ1n) is 25.5. The molecule has 0 fully saturated rings. The quantitative estimate of drug-likeness (QED) is 0.0346. The average Bonchev–Trinajstić information content (AvgIpc) is 3.21. The molecule has 0 amide bonds. The molecule has 0 aliphatic heterocycles. The minimum atomic E-state index is -0.758. The predicted octanol–water partition coefficient (Wildman–Crippen LogP) is 16.4. The van der Waals surface area contributed by atoms with Crippen molar-refractivity contribution in [1.82, 2.24) is 0 Å². The second kappa shape index (κ2) is 47.1. The molecular weight excluding hydrogens is 709 g/mol. The molecule has 0 rings (SSSR count). The molecule has 0 spiro atoms. The smallest absolute Gasteiger partial charge is 0.306 e. The van der Waals surface area contributed by atoms with Gasteiger partial charge in [-0.3, -0.25) is 14.4 Å². The minimum absolute atomic E-state index is 0.0628. The van der Waals surface area contributed by atoms with Crippen molar-refractivity contribution in [1.29, 1.82) is 0 Å². The van der Waals surface area contributed by atoms with E-state index in [-0.39, 0.29) is 31.1 Å². The summed E-state index contributed by atoms with van der Waals surface area (Å²) in [4.78, 5) is 37.7. The Kier molecular flexibility index (Phi) is 45.8. The largest absolute Gasteiger partial charge is 0.462 e. The molecule has 6 nitrogen and oxygen atoms in total. The van der Waals surface area contributed by atoms with Crippen LogP contribution < -0.4 is 0 Å². The number of carbonyl (C=O) groups is 3. The van der Waals surface area contributed by atoms with Crippen LogP contribution in [0.1, 0.15) is 290 Å². The van der Waals surface area contributed by atoms with Gasteiger partial charge in [0.15, 0.2) is 6.10 Å². The van der Waals surface area contributed by atoms with Gasteiger partial charge in [-0.1, -0.05) is 252 Å². The van der Waals surface area contributed by atoms with E-state index >= 15 is 0 Å². The molecule has 6 heteroatoms. The van der Waals surface area contributed by atoms with Gasteiger partial charge in [-0.2, -0.15) is 0 Å². The van der Waals surface area contributed by atoms with Gasteiger partial charge in [-0.05, 0) is 19.3 Å². The van der Waals surface area contributed by atoms with Crippen LogP contribution in [0.3, 0.4) is 0 Å². The third-order valence-corrected chi connectivity index (χ3v) is 11.6. The monoisotopic (exact) mass is 807 g/mol. The van der Waals surface area contributed by atoms with Crippen LogP contribution in [0, 0.1) is 0 Å². The molecule has 1 unspecified atom stereocenters. The summed E-state index contributed by atoms with van der Waals surface area (Å²) in [5.41, 5.74) is 0. The van der Waals surface area contributed by atoms with Crippen molar-refractivity contribution >= 4 is 17.9 Å². The molecule has 57 heavy (non-hydrogen) atoms. The molecule has 0 aromatic rings. The Balaban J connectivity index is 4.13. The molecule has 0 N–H and O–H groups in total. The second-order valence-corrected chi connectivity index (χ2v) is 17.5. The van der Waals surface area contributed by atoms with Gasteiger partial charge in [0.05, 0.1) is 0 Å². The highest BCUT2D eigenvalue weighted by Crippen LogP contribution is 2.17. The van der Waals surface area contributed by atoms with Crippen molar-refractivity contribution in [2.24, 2.45) is 0 Å². The van der Waals surface area contributed by atoms with Crippen molar-refractivity contribution in [3.63, 3.8) is 0 Å².